The average Bonchev–Trinajstić information content (AvgIpc) is 2.55. The van der Waals surface area contributed by atoms with Crippen molar-refractivity contribution in [3.8, 4) is 0 Å². The molecule has 2 atom stereocenters. The van der Waals surface area contributed by atoms with E-state index >= 15 is 0 Å². The molecule has 0 saturated carbocycles. The number of amides is 2. The number of aliphatic carboxylic acids is 2. The van der Waals surface area contributed by atoms with Gasteiger partial charge in [0.1, 0.15) is 23.3 Å². The molecule has 0 aromatic carbocycles. The first kappa shape index (κ1) is 35.1. The van der Waals surface area contributed by atoms with Gasteiger partial charge in [-0.2, -0.15) is 0 Å². The highest BCUT2D eigenvalue weighted by atomic mass is 16.6. The quantitative estimate of drug-likeness (QED) is 0.445. The smallest absolute Gasteiger partial charge is 0.408 e. The number of carbonyl (C=O) groups excluding carboxylic acids is 2. The second kappa shape index (κ2) is 14.6. The first-order valence-electron chi connectivity index (χ1n) is 11.0. The van der Waals surface area contributed by atoms with Crippen LogP contribution in [0.2, 0.25) is 0 Å². The predicted octanol–water partition coefficient (Wildman–Crippen LogP) is 4.66. The van der Waals surface area contributed by atoms with Crippen LogP contribution in [0.1, 0.15) is 90.0 Å². The fourth-order valence-corrected chi connectivity index (χ4v) is 2.02. The van der Waals surface area contributed by atoms with Crippen LogP contribution in [0.3, 0.4) is 0 Å². The fraction of sp³-hybridized carbons (Fsp3) is 0.826. The predicted molar refractivity (Wildman–Crippen MR) is 127 cm³/mol. The minimum absolute atomic E-state index is 0.185. The Balaban J connectivity index is -0.000000508. The molecule has 0 aliphatic rings. The summed E-state index contributed by atoms with van der Waals surface area (Å²) in [5.74, 6) is -2.32. The molecule has 0 heterocycles. The molecule has 196 valence electrons. The largest absolute Gasteiger partial charge is 0.480 e. The maximum Gasteiger partial charge on any atom is 0.408 e. The number of ether oxygens (including phenoxy) is 2. The Bertz CT molecular complexity index is 626. The van der Waals surface area contributed by atoms with Crippen molar-refractivity contribution < 1.29 is 38.9 Å². The Morgan fingerprint density at radius 2 is 1.00 bits per heavy atom. The SMILES string of the molecule is CC.CC(C)(C)OC(=O)NC(C(=O)O)C(C)(C)C.CC(C)C(NC(=O)OC(C)(C)C)C(=O)O. The summed E-state index contributed by atoms with van der Waals surface area (Å²) >= 11 is 0. The summed E-state index contributed by atoms with van der Waals surface area (Å²) in [7, 11) is 0. The number of alkyl carbamates (subject to hydrolysis) is 2. The van der Waals surface area contributed by atoms with Crippen LogP contribution in [0.4, 0.5) is 9.59 Å². The van der Waals surface area contributed by atoms with Gasteiger partial charge in [-0.25, -0.2) is 19.2 Å². The van der Waals surface area contributed by atoms with Crippen LogP contribution in [0.25, 0.3) is 0 Å². The van der Waals surface area contributed by atoms with Crippen molar-refractivity contribution in [3.63, 3.8) is 0 Å². The van der Waals surface area contributed by atoms with Crippen LogP contribution in [0.5, 0.6) is 0 Å². The molecule has 2 unspecified atom stereocenters. The number of carboxylic acids is 2. The molecule has 0 spiro atoms. The van der Waals surface area contributed by atoms with Crippen molar-refractivity contribution >= 4 is 24.1 Å². The third kappa shape index (κ3) is 19.9. The molecule has 33 heavy (non-hydrogen) atoms. The van der Waals surface area contributed by atoms with Crippen molar-refractivity contribution in [2.75, 3.05) is 0 Å². The summed E-state index contributed by atoms with van der Waals surface area (Å²) < 4.78 is 9.96. The van der Waals surface area contributed by atoms with Gasteiger partial charge in [0.15, 0.2) is 0 Å². The third-order valence-electron chi connectivity index (χ3n) is 3.38. The van der Waals surface area contributed by atoms with Crippen LogP contribution in [0.15, 0.2) is 0 Å². The van der Waals surface area contributed by atoms with Crippen LogP contribution >= 0.6 is 0 Å². The summed E-state index contributed by atoms with van der Waals surface area (Å²) in [6.07, 6.45) is -1.42. The Morgan fingerprint density at radius 3 is 1.21 bits per heavy atom. The lowest BCUT2D eigenvalue weighted by molar-refractivity contribution is -0.142. The van der Waals surface area contributed by atoms with Gasteiger partial charge >= 0.3 is 24.1 Å². The molecule has 0 aromatic heterocycles. The zero-order chi connectivity index (χ0) is 27.4. The van der Waals surface area contributed by atoms with Crippen LogP contribution < -0.4 is 10.6 Å². The van der Waals surface area contributed by atoms with Gasteiger partial charge in [-0.1, -0.05) is 48.5 Å². The maximum absolute atomic E-state index is 11.4. The topological polar surface area (TPSA) is 151 Å². The average molecular weight is 479 g/mol. The number of carboxylic acid groups (broad SMARTS) is 2. The van der Waals surface area contributed by atoms with Crippen molar-refractivity contribution in [2.45, 2.75) is 113 Å². The lowest BCUT2D eigenvalue weighted by Gasteiger charge is -2.29. The van der Waals surface area contributed by atoms with E-state index in [0.29, 0.717) is 0 Å². The van der Waals surface area contributed by atoms with Gasteiger partial charge in [0, 0.05) is 0 Å². The van der Waals surface area contributed by atoms with Gasteiger partial charge in [-0.3, -0.25) is 0 Å². The van der Waals surface area contributed by atoms with Crippen LogP contribution in [-0.4, -0.2) is 57.6 Å². The number of carbonyl (C=O) groups is 4. The van der Waals surface area contributed by atoms with Crippen molar-refractivity contribution in [1.29, 1.82) is 0 Å². The van der Waals surface area contributed by atoms with E-state index in [4.69, 9.17) is 19.7 Å². The van der Waals surface area contributed by atoms with Gasteiger partial charge in [0.2, 0.25) is 0 Å². The molecule has 0 aliphatic carbocycles. The fourth-order valence-electron chi connectivity index (χ4n) is 2.02. The zero-order valence-electron chi connectivity index (χ0n) is 22.6. The second-order valence-corrected chi connectivity index (χ2v) is 10.5. The molecule has 0 bridgehead atoms. The van der Waals surface area contributed by atoms with Crippen molar-refractivity contribution in [2.24, 2.45) is 11.3 Å². The molecule has 0 saturated heterocycles. The van der Waals surface area contributed by atoms with E-state index in [1.807, 2.05) is 13.8 Å². The first-order chi connectivity index (χ1) is 14.6. The summed E-state index contributed by atoms with van der Waals surface area (Å²) in [4.78, 5) is 44.5. The number of nitrogens with one attached hydrogen (secondary N) is 2. The van der Waals surface area contributed by atoms with Gasteiger partial charge in [-0.15, -0.1) is 0 Å². The normalized spacial score (nSPS) is 13.2. The van der Waals surface area contributed by atoms with E-state index in [0.717, 1.165) is 0 Å². The van der Waals surface area contributed by atoms with Crippen LogP contribution in [-0.2, 0) is 19.1 Å². The van der Waals surface area contributed by atoms with E-state index in [2.05, 4.69) is 10.6 Å². The highest BCUT2D eigenvalue weighted by Gasteiger charge is 2.34. The first-order valence-corrected chi connectivity index (χ1v) is 11.0. The molecule has 2 amide bonds. The second-order valence-electron chi connectivity index (χ2n) is 10.5. The molecular formula is C23H46N2O8. The summed E-state index contributed by atoms with van der Waals surface area (Å²) in [6, 6.07) is -1.89. The molecule has 0 fully saturated rings. The molecule has 0 rings (SSSR count). The third-order valence-corrected chi connectivity index (χ3v) is 3.38. The number of hydrogen-bond acceptors (Lipinski definition) is 6. The molecule has 10 heteroatoms. The van der Waals surface area contributed by atoms with E-state index in [9.17, 15) is 19.2 Å². The van der Waals surface area contributed by atoms with Gasteiger partial charge in [-0.05, 0) is 52.9 Å². The summed E-state index contributed by atoms with van der Waals surface area (Å²) in [6.45, 7) is 23.0. The van der Waals surface area contributed by atoms with E-state index in [1.54, 1.807) is 76.2 Å². The maximum atomic E-state index is 11.4. The standard InChI is InChI=1S/C11H21NO4.C10H19NO4.C2H6/c1-10(2,3)7(8(13)14)12-9(15)16-11(4,5)6;1-6(2)7(8(12)13)11-9(14)15-10(3,4)5;1-2/h7H,1-6H3,(H,12,15)(H,13,14);6-7H,1-5H3,(H,11,14)(H,12,13);1-2H3. The monoisotopic (exact) mass is 478 g/mol. The molecular weight excluding hydrogens is 432 g/mol. The minimum atomic E-state index is -1.07. The molecule has 4 N–H and O–H groups in total. The van der Waals surface area contributed by atoms with Crippen molar-refractivity contribution in [3.05, 3.63) is 0 Å². The van der Waals surface area contributed by atoms with Gasteiger partial charge < -0.3 is 30.3 Å². The Hall–Kier alpha value is -2.52. The Labute approximate surface area is 198 Å². The van der Waals surface area contributed by atoms with E-state index in [1.165, 1.54) is 0 Å². The molecule has 10 nitrogen and oxygen atoms in total. The molecule has 0 aliphatic heterocycles. The van der Waals surface area contributed by atoms with Crippen molar-refractivity contribution in [1.82, 2.24) is 10.6 Å². The summed E-state index contributed by atoms with van der Waals surface area (Å²) in [5.41, 5.74) is -1.82. The summed E-state index contributed by atoms with van der Waals surface area (Å²) in [5, 5.41) is 22.5. The number of hydrogen-bond donors (Lipinski definition) is 4. The lowest BCUT2D eigenvalue weighted by Crippen LogP contribution is -2.50. The lowest BCUT2D eigenvalue weighted by atomic mass is 9.87. The van der Waals surface area contributed by atoms with Gasteiger partial charge in [0.25, 0.3) is 0 Å². The van der Waals surface area contributed by atoms with E-state index < -0.39 is 52.8 Å². The highest BCUT2D eigenvalue weighted by Crippen LogP contribution is 2.20. The zero-order valence-corrected chi connectivity index (χ0v) is 22.6. The molecule has 0 radical (unpaired) electrons. The Morgan fingerprint density at radius 1 is 0.667 bits per heavy atom. The van der Waals surface area contributed by atoms with E-state index in [-0.39, 0.29) is 5.92 Å². The van der Waals surface area contributed by atoms with Gasteiger partial charge in [0.05, 0.1) is 0 Å². The minimum Gasteiger partial charge on any atom is -0.480 e. The number of rotatable bonds is 5. The molecule has 0 aromatic rings. The highest BCUT2D eigenvalue weighted by molar-refractivity contribution is 5.81. The Kier molecular flexibility index (Phi) is 15.5. The van der Waals surface area contributed by atoms with Crippen LogP contribution in [0, 0.1) is 11.3 Å².